The second-order valence-electron chi connectivity index (χ2n) is 6.43. The SMILES string of the molecule is CC(C)(C)OC(=O)N1CCCCC1CNCc1ccno1. The molecule has 1 atom stereocenters. The fraction of sp³-hybridized carbons (Fsp3) is 0.733. The van der Waals surface area contributed by atoms with Crippen LogP contribution in [0.4, 0.5) is 4.79 Å². The lowest BCUT2D eigenvalue weighted by molar-refractivity contribution is 0.00989. The molecule has 1 aliphatic heterocycles. The minimum atomic E-state index is -0.452. The summed E-state index contributed by atoms with van der Waals surface area (Å²) in [5.41, 5.74) is -0.452. The molecule has 21 heavy (non-hydrogen) atoms. The van der Waals surface area contributed by atoms with Crippen LogP contribution in [0.2, 0.25) is 0 Å². The van der Waals surface area contributed by atoms with Gasteiger partial charge in [-0.3, -0.25) is 0 Å². The number of nitrogens with one attached hydrogen (secondary N) is 1. The number of rotatable bonds is 4. The molecule has 1 aromatic heterocycles. The summed E-state index contributed by atoms with van der Waals surface area (Å²) in [6.07, 6.45) is 4.60. The van der Waals surface area contributed by atoms with Crippen molar-refractivity contribution in [3.63, 3.8) is 0 Å². The van der Waals surface area contributed by atoms with Crippen molar-refractivity contribution in [3.8, 4) is 0 Å². The predicted octanol–water partition coefficient (Wildman–Crippen LogP) is 2.55. The Labute approximate surface area is 125 Å². The van der Waals surface area contributed by atoms with Crippen LogP contribution in [0.1, 0.15) is 45.8 Å². The maximum atomic E-state index is 12.3. The van der Waals surface area contributed by atoms with Gasteiger partial charge < -0.3 is 19.5 Å². The summed E-state index contributed by atoms with van der Waals surface area (Å²) in [7, 11) is 0. The highest BCUT2D eigenvalue weighted by Crippen LogP contribution is 2.20. The third kappa shape index (κ3) is 5.04. The quantitative estimate of drug-likeness (QED) is 0.924. The van der Waals surface area contributed by atoms with Crippen LogP contribution in [0.25, 0.3) is 0 Å². The Morgan fingerprint density at radius 1 is 1.52 bits per heavy atom. The topological polar surface area (TPSA) is 67.6 Å². The molecule has 6 heteroatoms. The van der Waals surface area contributed by atoms with E-state index in [9.17, 15) is 4.79 Å². The van der Waals surface area contributed by atoms with Gasteiger partial charge in [0.05, 0.1) is 12.7 Å². The molecule has 1 aliphatic rings. The van der Waals surface area contributed by atoms with Crippen molar-refractivity contribution in [2.45, 2.75) is 58.2 Å². The molecule has 118 valence electrons. The van der Waals surface area contributed by atoms with E-state index in [4.69, 9.17) is 9.26 Å². The van der Waals surface area contributed by atoms with E-state index in [1.165, 1.54) is 0 Å². The minimum absolute atomic E-state index is 0.177. The molecular weight excluding hydrogens is 270 g/mol. The second-order valence-corrected chi connectivity index (χ2v) is 6.43. The molecule has 1 aromatic rings. The molecule has 1 amide bonds. The third-order valence-electron chi connectivity index (χ3n) is 3.43. The molecule has 0 aliphatic carbocycles. The van der Waals surface area contributed by atoms with E-state index in [-0.39, 0.29) is 12.1 Å². The van der Waals surface area contributed by atoms with Crippen LogP contribution in [-0.4, -0.2) is 40.9 Å². The zero-order valence-corrected chi connectivity index (χ0v) is 13.1. The first-order valence-electron chi connectivity index (χ1n) is 7.55. The van der Waals surface area contributed by atoms with E-state index in [1.807, 2.05) is 31.7 Å². The van der Waals surface area contributed by atoms with Crippen molar-refractivity contribution >= 4 is 6.09 Å². The lowest BCUT2D eigenvalue weighted by Crippen LogP contribution is -2.50. The summed E-state index contributed by atoms with van der Waals surface area (Å²) < 4.78 is 10.5. The number of hydrogen-bond donors (Lipinski definition) is 1. The highest BCUT2D eigenvalue weighted by Gasteiger charge is 2.30. The van der Waals surface area contributed by atoms with E-state index in [1.54, 1.807) is 6.20 Å². The summed E-state index contributed by atoms with van der Waals surface area (Å²) in [4.78, 5) is 14.1. The van der Waals surface area contributed by atoms with Gasteiger partial charge in [-0.15, -0.1) is 0 Å². The average molecular weight is 295 g/mol. The molecule has 1 unspecified atom stereocenters. The van der Waals surface area contributed by atoms with Gasteiger partial charge in [0.2, 0.25) is 0 Å². The molecule has 0 radical (unpaired) electrons. The van der Waals surface area contributed by atoms with Crippen molar-refractivity contribution in [2.24, 2.45) is 0 Å². The fourth-order valence-corrected chi connectivity index (χ4v) is 2.47. The number of nitrogens with zero attached hydrogens (tertiary/aromatic N) is 2. The Morgan fingerprint density at radius 2 is 2.33 bits per heavy atom. The van der Waals surface area contributed by atoms with E-state index in [2.05, 4.69) is 10.5 Å². The lowest BCUT2D eigenvalue weighted by atomic mass is 10.0. The number of piperidine rings is 1. The van der Waals surface area contributed by atoms with Gasteiger partial charge in [0.1, 0.15) is 11.4 Å². The first-order chi connectivity index (χ1) is 9.96. The van der Waals surface area contributed by atoms with Crippen LogP contribution < -0.4 is 5.32 Å². The second kappa shape index (κ2) is 6.93. The van der Waals surface area contributed by atoms with E-state index < -0.39 is 5.60 Å². The number of likely N-dealkylation sites (tertiary alicyclic amines) is 1. The minimum Gasteiger partial charge on any atom is -0.444 e. The zero-order chi connectivity index (χ0) is 15.3. The highest BCUT2D eigenvalue weighted by molar-refractivity contribution is 5.68. The Morgan fingerprint density at radius 3 is 3.00 bits per heavy atom. The standard InChI is InChI=1S/C15H25N3O3/c1-15(2,3)20-14(19)18-9-5-4-6-12(18)10-16-11-13-7-8-17-21-13/h7-8,12,16H,4-6,9-11H2,1-3H3. The Kier molecular flexibility index (Phi) is 5.22. The summed E-state index contributed by atoms with van der Waals surface area (Å²) >= 11 is 0. The van der Waals surface area contributed by atoms with Crippen LogP contribution in [0, 0.1) is 0 Å². The fourth-order valence-electron chi connectivity index (χ4n) is 2.47. The molecule has 1 fully saturated rings. The molecular formula is C15H25N3O3. The Balaban J connectivity index is 1.84. The Bertz CT molecular complexity index is 440. The van der Waals surface area contributed by atoms with Gasteiger partial charge in [-0.05, 0) is 40.0 Å². The molecule has 0 bridgehead atoms. The summed E-state index contributed by atoms with van der Waals surface area (Å²) in [6, 6.07) is 2.01. The molecule has 2 heterocycles. The monoisotopic (exact) mass is 295 g/mol. The number of amides is 1. The van der Waals surface area contributed by atoms with Crippen molar-refractivity contribution in [1.29, 1.82) is 0 Å². The number of carbonyl (C=O) groups excluding carboxylic acids is 1. The van der Waals surface area contributed by atoms with Crippen molar-refractivity contribution < 1.29 is 14.1 Å². The first kappa shape index (κ1) is 15.8. The first-order valence-corrected chi connectivity index (χ1v) is 7.55. The van der Waals surface area contributed by atoms with Gasteiger partial charge in [0.15, 0.2) is 0 Å². The van der Waals surface area contributed by atoms with Gasteiger partial charge >= 0.3 is 6.09 Å². The van der Waals surface area contributed by atoms with Crippen LogP contribution in [0.5, 0.6) is 0 Å². The number of ether oxygens (including phenoxy) is 1. The van der Waals surface area contributed by atoms with Crippen LogP contribution >= 0.6 is 0 Å². The van der Waals surface area contributed by atoms with Crippen molar-refractivity contribution in [3.05, 3.63) is 18.0 Å². The number of carbonyl (C=O) groups is 1. The van der Waals surface area contributed by atoms with Crippen LogP contribution in [0.3, 0.4) is 0 Å². The summed E-state index contributed by atoms with van der Waals surface area (Å²) in [5, 5.41) is 6.99. The van der Waals surface area contributed by atoms with Gasteiger partial charge in [0.25, 0.3) is 0 Å². The van der Waals surface area contributed by atoms with Gasteiger partial charge in [-0.2, -0.15) is 0 Å². The Hall–Kier alpha value is -1.56. The molecule has 6 nitrogen and oxygen atoms in total. The summed E-state index contributed by atoms with van der Waals surface area (Å²) in [5.74, 6) is 0.801. The molecule has 2 rings (SSSR count). The third-order valence-corrected chi connectivity index (χ3v) is 3.43. The molecule has 1 saturated heterocycles. The van der Waals surface area contributed by atoms with E-state index >= 15 is 0 Å². The van der Waals surface area contributed by atoms with Crippen molar-refractivity contribution in [1.82, 2.24) is 15.4 Å². The van der Waals surface area contributed by atoms with Gasteiger partial charge in [-0.25, -0.2) is 4.79 Å². The average Bonchev–Trinajstić information content (AvgIpc) is 2.90. The largest absolute Gasteiger partial charge is 0.444 e. The van der Waals surface area contributed by atoms with Crippen LogP contribution in [0.15, 0.2) is 16.8 Å². The van der Waals surface area contributed by atoms with Crippen LogP contribution in [-0.2, 0) is 11.3 Å². The number of aromatic nitrogens is 1. The summed E-state index contributed by atoms with van der Waals surface area (Å²) in [6.45, 7) is 7.81. The van der Waals surface area contributed by atoms with Gasteiger partial charge in [-0.1, -0.05) is 5.16 Å². The zero-order valence-electron chi connectivity index (χ0n) is 13.1. The van der Waals surface area contributed by atoms with E-state index in [0.717, 1.165) is 38.1 Å². The van der Waals surface area contributed by atoms with E-state index in [0.29, 0.717) is 6.54 Å². The normalized spacial score (nSPS) is 19.6. The molecule has 0 saturated carbocycles. The van der Waals surface area contributed by atoms with Crippen molar-refractivity contribution in [2.75, 3.05) is 13.1 Å². The maximum absolute atomic E-state index is 12.3. The molecule has 0 spiro atoms. The maximum Gasteiger partial charge on any atom is 0.410 e. The highest BCUT2D eigenvalue weighted by atomic mass is 16.6. The number of hydrogen-bond acceptors (Lipinski definition) is 5. The lowest BCUT2D eigenvalue weighted by Gasteiger charge is -2.36. The predicted molar refractivity (Wildman–Crippen MR) is 78.8 cm³/mol. The molecule has 1 N–H and O–H groups in total. The molecule has 0 aromatic carbocycles. The smallest absolute Gasteiger partial charge is 0.410 e. The van der Waals surface area contributed by atoms with Gasteiger partial charge in [0, 0.05) is 25.2 Å².